The summed E-state index contributed by atoms with van der Waals surface area (Å²) in [6, 6.07) is 3.27. The van der Waals surface area contributed by atoms with E-state index in [9.17, 15) is 24.2 Å². The van der Waals surface area contributed by atoms with Gasteiger partial charge in [0.05, 0.1) is 4.92 Å². The maximum absolute atomic E-state index is 11.8. The predicted octanol–water partition coefficient (Wildman–Crippen LogP) is 0.799. The molecule has 0 aliphatic heterocycles. The fraction of sp³-hybridized carbons (Fsp3) is 0.364. The molecular formula is C11H14N2O5S. The largest absolute Gasteiger partial charge is 0.508 e. The number of benzene rings is 1. The van der Waals surface area contributed by atoms with Crippen LogP contribution in [0.3, 0.4) is 0 Å². The number of aromatic hydroxyl groups is 1. The van der Waals surface area contributed by atoms with Gasteiger partial charge in [-0.05, 0) is 18.6 Å². The van der Waals surface area contributed by atoms with E-state index >= 15 is 0 Å². The third-order valence-electron chi connectivity index (χ3n) is 2.32. The van der Waals surface area contributed by atoms with Crippen molar-refractivity contribution in [2.75, 3.05) is 18.6 Å². The molecule has 0 spiro atoms. The number of hydrogen-bond donors (Lipinski definition) is 2. The minimum atomic E-state index is -0.940. The van der Waals surface area contributed by atoms with Gasteiger partial charge >= 0.3 is 0 Å². The fourth-order valence-corrected chi connectivity index (χ4v) is 1.99. The lowest BCUT2D eigenvalue weighted by molar-refractivity contribution is -0.385. The molecule has 7 nitrogen and oxygen atoms in total. The number of nitrogens with zero attached hydrogens (tertiary/aromatic N) is 1. The zero-order valence-corrected chi connectivity index (χ0v) is 11.1. The number of nitro benzene ring substituents is 1. The average Bonchev–Trinajstić information content (AvgIpc) is 2.33. The fourth-order valence-electron chi connectivity index (χ4n) is 1.44. The molecule has 0 aliphatic carbocycles. The molecule has 8 heteroatoms. The van der Waals surface area contributed by atoms with E-state index in [1.165, 1.54) is 0 Å². The summed E-state index contributed by atoms with van der Waals surface area (Å²) in [5.74, 6) is -0.405. The Balaban J connectivity index is 2.73. The Morgan fingerprint density at radius 3 is 2.79 bits per heavy atom. The molecule has 1 aromatic rings. The van der Waals surface area contributed by atoms with E-state index in [-0.39, 0.29) is 23.5 Å². The Morgan fingerprint density at radius 2 is 2.21 bits per heavy atom. The van der Waals surface area contributed by atoms with E-state index in [1.54, 1.807) is 6.26 Å². The summed E-state index contributed by atoms with van der Waals surface area (Å²) in [6.07, 6.45) is 2.07. The molecule has 0 heterocycles. The number of carbonyl (C=O) groups excluding carboxylic acids is 1. The molecule has 1 amide bonds. The average molecular weight is 286 g/mol. The van der Waals surface area contributed by atoms with Crippen molar-refractivity contribution in [2.24, 2.45) is 0 Å². The first kappa shape index (κ1) is 15.1. The first-order chi connectivity index (χ1) is 8.91. The van der Waals surface area contributed by atoms with Gasteiger partial charge in [0.25, 0.3) is 11.6 Å². The van der Waals surface area contributed by atoms with Crippen molar-refractivity contribution < 1.29 is 19.0 Å². The van der Waals surface area contributed by atoms with Gasteiger partial charge in [-0.25, -0.2) is 0 Å². The van der Waals surface area contributed by atoms with Crippen molar-refractivity contribution >= 4 is 22.4 Å². The van der Waals surface area contributed by atoms with Crippen molar-refractivity contribution in [3.63, 3.8) is 0 Å². The zero-order chi connectivity index (χ0) is 14.4. The SMILES string of the molecule is CS(=O)CCCNC(=O)c1cc(O)ccc1[N+](=O)[O-]. The molecule has 1 unspecified atom stereocenters. The van der Waals surface area contributed by atoms with E-state index in [1.807, 2.05) is 0 Å². The number of hydrogen-bond acceptors (Lipinski definition) is 5. The summed E-state index contributed by atoms with van der Waals surface area (Å²) in [4.78, 5) is 21.8. The molecule has 1 aromatic carbocycles. The Bertz CT molecular complexity index is 518. The van der Waals surface area contributed by atoms with Gasteiger partial charge in [-0.2, -0.15) is 0 Å². The summed E-state index contributed by atoms with van der Waals surface area (Å²) in [5, 5.41) is 22.5. The van der Waals surface area contributed by atoms with Gasteiger partial charge in [0.1, 0.15) is 11.3 Å². The molecule has 2 N–H and O–H groups in total. The van der Waals surface area contributed by atoms with Crippen LogP contribution in [0.4, 0.5) is 5.69 Å². The van der Waals surface area contributed by atoms with Crippen molar-refractivity contribution in [1.29, 1.82) is 0 Å². The molecule has 1 atom stereocenters. The van der Waals surface area contributed by atoms with Crippen molar-refractivity contribution in [1.82, 2.24) is 5.32 Å². The van der Waals surface area contributed by atoms with Gasteiger partial charge in [0.15, 0.2) is 0 Å². The van der Waals surface area contributed by atoms with Gasteiger partial charge < -0.3 is 10.4 Å². The molecule has 0 bridgehead atoms. The molecule has 0 aromatic heterocycles. The van der Waals surface area contributed by atoms with Crippen LogP contribution in [0.2, 0.25) is 0 Å². The normalized spacial score (nSPS) is 11.8. The summed E-state index contributed by atoms with van der Waals surface area (Å²) in [7, 11) is -0.940. The number of rotatable bonds is 6. The lowest BCUT2D eigenvalue weighted by Crippen LogP contribution is -2.26. The maximum Gasteiger partial charge on any atom is 0.282 e. The summed E-state index contributed by atoms with van der Waals surface area (Å²) >= 11 is 0. The number of carbonyl (C=O) groups is 1. The second-order valence-corrected chi connectivity index (χ2v) is 5.40. The second kappa shape index (κ2) is 6.83. The van der Waals surface area contributed by atoms with Crippen LogP contribution in [0, 0.1) is 10.1 Å². The highest BCUT2D eigenvalue weighted by Gasteiger charge is 2.20. The van der Waals surface area contributed by atoms with Gasteiger partial charge in [0.2, 0.25) is 0 Å². The molecule has 1 rings (SSSR count). The highest BCUT2D eigenvalue weighted by Crippen LogP contribution is 2.22. The Kier molecular flexibility index (Phi) is 5.43. The predicted molar refractivity (Wildman–Crippen MR) is 70.6 cm³/mol. The van der Waals surface area contributed by atoms with Crippen LogP contribution in [0.1, 0.15) is 16.8 Å². The number of nitro groups is 1. The minimum Gasteiger partial charge on any atom is -0.508 e. The topological polar surface area (TPSA) is 110 Å². The number of phenols is 1. The Morgan fingerprint density at radius 1 is 1.53 bits per heavy atom. The van der Waals surface area contributed by atoms with E-state index in [0.717, 1.165) is 18.2 Å². The van der Waals surface area contributed by atoms with E-state index in [0.29, 0.717) is 12.2 Å². The maximum atomic E-state index is 11.8. The monoisotopic (exact) mass is 286 g/mol. The van der Waals surface area contributed by atoms with Crippen LogP contribution >= 0.6 is 0 Å². The molecule has 0 saturated carbocycles. The van der Waals surface area contributed by atoms with Gasteiger partial charge in [-0.1, -0.05) is 0 Å². The standard InChI is InChI=1S/C11H14N2O5S/c1-19(18)6-2-5-12-11(15)9-7-8(14)3-4-10(9)13(16)17/h3-4,7,14H,2,5-6H2,1H3,(H,12,15). The van der Waals surface area contributed by atoms with Gasteiger partial charge in [-0.3, -0.25) is 19.1 Å². The van der Waals surface area contributed by atoms with E-state index in [2.05, 4.69) is 5.32 Å². The molecule has 104 valence electrons. The van der Waals surface area contributed by atoms with Crippen molar-refractivity contribution in [3.05, 3.63) is 33.9 Å². The van der Waals surface area contributed by atoms with Crippen LogP contribution in [-0.2, 0) is 10.8 Å². The molecule has 0 aliphatic rings. The molecular weight excluding hydrogens is 272 g/mol. The summed E-state index contributed by atoms with van der Waals surface area (Å²) < 4.78 is 10.8. The quantitative estimate of drug-likeness (QED) is 0.456. The van der Waals surface area contributed by atoms with E-state index in [4.69, 9.17) is 0 Å². The van der Waals surface area contributed by atoms with Crippen molar-refractivity contribution in [3.8, 4) is 5.75 Å². The minimum absolute atomic E-state index is 0.192. The number of amides is 1. The second-order valence-electron chi connectivity index (χ2n) is 3.85. The highest BCUT2D eigenvalue weighted by molar-refractivity contribution is 7.84. The third-order valence-corrected chi connectivity index (χ3v) is 3.18. The Labute approximate surface area is 112 Å². The summed E-state index contributed by atoms with van der Waals surface area (Å²) in [6.45, 7) is 0.269. The zero-order valence-electron chi connectivity index (χ0n) is 10.3. The van der Waals surface area contributed by atoms with Crippen LogP contribution in [-0.4, -0.2) is 38.7 Å². The van der Waals surface area contributed by atoms with Crippen LogP contribution in [0.5, 0.6) is 5.75 Å². The van der Waals surface area contributed by atoms with Crippen LogP contribution < -0.4 is 5.32 Å². The van der Waals surface area contributed by atoms with Crippen LogP contribution in [0.25, 0.3) is 0 Å². The highest BCUT2D eigenvalue weighted by atomic mass is 32.2. The van der Waals surface area contributed by atoms with Gasteiger partial charge in [-0.15, -0.1) is 0 Å². The molecule has 19 heavy (non-hydrogen) atoms. The third kappa shape index (κ3) is 4.66. The van der Waals surface area contributed by atoms with Crippen LogP contribution in [0.15, 0.2) is 18.2 Å². The lowest BCUT2D eigenvalue weighted by Gasteiger charge is -2.05. The Hall–Kier alpha value is -1.96. The molecule has 0 fully saturated rings. The molecule has 0 saturated heterocycles. The first-order valence-electron chi connectivity index (χ1n) is 5.47. The van der Waals surface area contributed by atoms with Gasteiger partial charge in [0, 0.05) is 35.4 Å². The lowest BCUT2D eigenvalue weighted by atomic mass is 10.1. The first-order valence-corrected chi connectivity index (χ1v) is 7.20. The van der Waals surface area contributed by atoms with Crippen molar-refractivity contribution in [2.45, 2.75) is 6.42 Å². The number of phenolic OH excluding ortho intramolecular Hbond substituents is 1. The summed E-state index contributed by atoms with van der Waals surface area (Å²) in [5.41, 5.74) is -0.558. The number of nitrogens with one attached hydrogen (secondary N) is 1. The smallest absolute Gasteiger partial charge is 0.282 e. The molecule has 0 radical (unpaired) electrons. The van der Waals surface area contributed by atoms with E-state index < -0.39 is 21.6 Å².